The summed E-state index contributed by atoms with van der Waals surface area (Å²) in [5.74, 6) is 0.825. The summed E-state index contributed by atoms with van der Waals surface area (Å²) in [5.41, 5.74) is 1.55. The Labute approximate surface area is 187 Å². The van der Waals surface area contributed by atoms with Gasteiger partial charge < -0.3 is 14.5 Å². The molecule has 1 fully saturated rings. The first-order chi connectivity index (χ1) is 15.2. The summed E-state index contributed by atoms with van der Waals surface area (Å²) in [6, 6.07) is 18.1. The molecule has 0 bridgehead atoms. The van der Waals surface area contributed by atoms with Crippen LogP contribution in [0.1, 0.15) is 67.8 Å². The van der Waals surface area contributed by atoms with Gasteiger partial charge in [0.25, 0.3) is 5.91 Å². The predicted octanol–water partition coefficient (Wildman–Crippen LogP) is 5.53. The van der Waals surface area contributed by atoms with Crippen LogP contribution in [0.3, 0.4) is 0 Å². The molecule has 4 nitrogen and oxygen atoms in total. The van der Waals surface area contributed by atoms with Crippen LogP contribution in [0.2, 0.25) is 0 Å². The molecule has 0 N–H and O–H groups in total. The quantitative estimate of drug-likeness (QED) is 0.527. The average molecular weight is 421 g/mol. The van der Waals surface area contributed by atoms with Gasteiger partial charge in [0.1, 0.15) is 11.4 Å². The molecule has 1 spiro atoms. The third kappa shape index (κ3) is 5.48. The van der Waals surface area contributed by atoms with Crippen LogP contribution < -0.4 is 4.74 Å². The summed E-state index contributed by atoms with van der Waals surface area (Å²) in [7, 11) is 0. The lowest BCUT2D eigenvalue weighted by molar-refractivity contribution is -0.0166. The Hall–Kier alpha value is -2.33. The van der Waals surface area contributed by atoms with Crippen LogP contribution in [0.4, 0.5) is 0 Å². The minimum Gasteiger partial charge on any atom is -0.484 e. The number of likely N-dealkylation sites (tertiary alicyclic amines) is 1. The van der Waals surface area contributed by atoms with Crippen molar-refractivity contribution in [2.24, 2.45) is 0 Å². The van der Waals surface area contributed by atoms with Gasteiger partial charge in [-0.3, -0.25) is 4.79 Å². The minimum absolute atomic E-state index is 0.0784. The van der Waals surface area contributed by atoms with Gasteiger partial charge in [-0.25, -0.2) is 0 Å². The van der Waals surface area contributed by atoms with Gasteiger partial charge >= 0.3 is 0 Å². The fourth-order valence-corrected chi connectivity index (χ4v) is 4.90. The van der Waals surface area contributed by atoms with Crippen molar-refractivity contribution in [2.45, 2.75) is 64.0 Å². The lowest BCUT2D eigenvalue weighted by atomic mass is 9.90. The van der Waals surface area contributed by atoms with E-state index in [9.17, 15) is 4.79 Å². The zero-order chi connectivity index (χ0) is 21.5. The van der Waals surface area contributed by atoms with E-state index in [4.69, 9.17) is 4.74 Å². The molecule has 2 aliphatic heterocycles. The molecular formula is C27H36N2O2. The Morgan fingerprint density at radius 3 is 2.39 bits per heavy atom. The Kier molecular flexibility index (Phi) is 7.29. The maximum absolute atomic E-state index is 13.4. The summed E-state index contributed by atoms with van der Waals surface area (Å²) < 4.78 is 6.64. The number of nitrogens with zero attached hydrogens (tertiary/aromatic N) is 2. The summed E-state index contributed by atoms with van der Waals surface area (Å²) in [6.45, 7) is 6.82. The lowest BCUT2D eigenvalue weighted by Crippen LogP contribution is -2.54. The molecule has 2 aromatic rings. The molecule has 2 aromatic carbocycles. The second-order valence-electron chi connectivity index (χ2n) is 9.18. The number of rotatable bonds is 8. The molecule has 0 aliphatic carbocycles. The highest BCUT2D eigenvalue weighted by Crippen LogP contribution is 2.36. The van der Waals surface area contributed by atoms with Gasteiger partial charge in [-0.15, -0.1) is 0 Å². The van der Waals surface area contributed by atoms with Crippen LogP contribution in [-0.4, -0.2) is 47.5 Å². The van der Waals surface area contributed by atoms with Gasteiger partial charge in [-0.2, -0.15) is 0 Å². The number of fused-ring (bicyclic) bond motifs is 1. The van der Waals surface area contributed by atoms with E-state index >= 15 is 0 Å². The highest BCUT2D eigenvalue weighted by Gasteiger charge is 2.42. The Morgan fingerprint density at radius 2 is 1.61 bits per heavy atom. The largest absolute Gasteiger partial charge is 0.484 e. The van der Waals surface area contributed by atoms with Crippen molar-refractivity contribution >= 4 is 5.91 Å². The topological polar surface area (TPSA) is 32.8 Å². The monoisotopic (exact) mass is 420 g/mol. The molecular weight excluding hydrogens is 384 g/mol. The number of amides is 1. The van der Waals surface area contributed by atoms with Crippen molar-refractivity contribution in [3.63, 3.8) is 0 Å². The molecule has 2 aliphatic rings. The number of ether oxygens (including phenoxy) is 1. The van der Waals surface area contributed by atoms with Gasteiger partial charge in [0.15, 0.2) is 0 Å². The van der Waals surface area contributed by atoms with Gasteiger partial charge in [0, 0.05) is 32.5 Å². The van der Waals surface area contributed by atoms with Gasteiger partial charge in [0.2, 0.25) is 0 Å². The van der Waals surface area contributed by atoms with Gasteiger partial charge in [0.05, 0.1) is 12.1 Å². The maximum atomic E-state index is 13.4. The van der Waals surface area contributed by atoms with Crippen LogP contribution in [0.25, 0.3) is 0 Å². The van der Waals surface area contributed by atoms with Crippen molar-refractivity contribution in [3.8, 4) is 5.75 Å². The highest BCUT2D eigenvalue weighted by atomic mass is 16.5. The number of piperidine rings is 1. The van der Waals surface area contributed by atoms with Crippen molar-refractivity contribution < 1.29 is 9.53 Å². The Bertz CT molecular complexity index is 843. The molecule has 2 heterocycles. The second kappa shape index (κ2) is 10.3. The third-order valence-corrected chi connectivity index (χ3v) is 6.77. The van der Waals surface area contributed by atoms with E-state index in [1.54, 1.807) is 0 Å². The normalized spacial score (nSPS) is 18.5. The van der Waals surface area contributed by atoms with Crippen molar-refractivity contribution in [1.29, 1.82) is 0 Å². The zero-order valence-corrected chi connectivity index (χ0v) is 18.9. The number of carbonyl (C=O) groups is 1. The van der Waals surface area contributed by atoms with Crippen LogP contribution in [-0.2, 0) is 6.54 Å². The summed E-state index contributed by atoms with van der Waals surface area (Å²) in [6.07, 6.45) is 8.55. The number of hydrogen-bond donors (Lipinski definition) is 0. The Balaban J connectivity index is 1.46. The highest BCUT2D eigenvalue weighted by molar-refractivity contribution is 5.97. The SMILES string of the molecule is CCCCCCCN1CCC2(CC1)CN(Cc1ccccc1)C(=O)c1ccccc1O2. The lowest BCUT2D eigenvalue weighted by Gasteiger charge is -2.42. The molecule has 166 valence electrons. The molecule has 0 atom stereocenters. The van der Waals surface area contributed by atoms with E-state index in [1.807, 2.05) is 47.4 Å². The summed E-state index contributed by atoms with van der Waals surface area (Å²) in [5, 5.41) is 0. The van der Waals surface area contributed by atoms with Gasteiger partial charge in [-0.1, -0.05) is 75.1 Å². The van der Waals surface area contributed by atoms with Crippen LogP contribution in [0, 0.1) is 0 Å². The molecule has 4 rings (SSSR count). The standard InChI is InChI=1S/C27H36N2O2/c1-2-3-4-5-11-18-28-19-16-27(17-20-28)22-29(21-23-12-7-6-8-13-23)26(30)24-14-9-10-15-25(24)31-27/h6-10,12-15H,2-5,11,16-22H2,1H3. The van der Waals surface area contributed by atoms with Crippen LogP contribution in [0.5, 0.6) is 5.75 Å². The third-order valence-electron chi connectivity index (χ3n) is 6.77. The molecule has 0 radical (unpaired) electrons. The molecule has 1 amide bonds. The van der Waals surface area contributed by atoms with E-state index in [-0.39, 0.29) is 11.5 Å². The first-order valence-corrected chi connectivity index (χ1v) is 12.0. The van der Waals surface area contributed by atoms with Crippen LogP contribution >= 0.6 is 0 Å². The maximum Gasteiger partial charge on any atom is 0.258 e. The molecule has 31 heavy (non-hydrogen) atoms. The number of carbonyl (C=O) groups excluding carboxylic acids is 1. The van der Waals surface area contributed by atoms with E-state index < -0.39 is 0 Å². The molecule has 1 saturated heterocycles. The average Bonchev–Trinajstić information content (AvgIpc) is 2.91. The molecule has 4 heteroatoms. The van der Waals surface area contributed by atoms with Crippen molar-refractivity contribution in [2.75, 3.05) is 26.2 Å². The summed E-state index contributed by atoms with van der Waals surface area (Å²) in [4.78, 5) is 18.0. The van der Waals surface area contributed by atoms with Crippen molar-refractivity contribution in [1.82, 2.24) is 9.80 Å². The number of benzene rings is 2. The minimum atomic E-state index is -0.296. The first-order valence-electron chi connectivity index (χ1n) is 12.0. The van der Waals surface area contributed by atoms with E-state index in [1.165, 1.54) is 38.6 Å². The number of hydrogen-bond acceptors (Lipinski definition) is 3. The molecule has 0 unspecified atom stereocenters. The smallest absolute Gasteiger partial charge is 0.258 e. The molecule has 0 saturated carbocycles. The predicted molar refractivity (Wildman–Crippen MR) is 125 cm³/mol. The number of para-hydroxylation sites is 1. The summed E-state index contributed by atoms with van der Waals surface area (Å²) >= 11 is 0. The fourth-order valence-electron chi connectivity index (χ4n) is 4.90. The van der Waals surface area contributed by atoms with Gasteiger partial charge in [-0.05, 0) is 30.7 Å². The zero-order valence-electron chi connectivity index (χ0n) is 18.9. The Morgan fingerprint density at radius 1 is 0.903 bits per heavy atom. The molecule has 0 aromatic heterocycles. The van der Waals surface area contributed by atoms with E-state index in [2.05, 4.69) is 24.0 Å². The first kappa shape index (κ1) is 21.9. The van der Waals surface area contributed by atoms with Crippen LogP contribution in [0.15, 0.2) is 54.6 Å². The van der Waals surface area contributed by atoms with E-state index in [0.717, 1.165) is 37.2 Å². The number of unbranched alkanes of at least 4 members (excludes halogenated alkanes) is 4. The second-order valence-corrected chi connectivity index (χ2v) is 9.18. The fraction of sp³-hybridized carbons (Fsp3) is 0.519. The van der Waals surface area contributed by atoms with E-state index in [0.29, 0.717) is 18.7 Å². The van der Waals surface area contributed by atoms with Crippen molar-refractivity contribution in [3.05, 3.63) is 65.7 Å².